The van der Waals surface area contributed by atoms with Crippen LogP contribution < -0.4 is 11.1 Å². The first kappa shape index (κ1) is 14.6. The summed E-state index contributed by atoms with van der Waals surface area (Å²) in [6.45, 7) is 0. The lowest BCUT2D eigenvalue weighted by Gasteiger charge is -2.39. The highest BCUT2D eigenvalue weighted by molar-refractivity contribution is 5.77. The Morgan fingerprint density at radius 2 is 1.84 bits per heavy atom. The molecule has 2 fully saturated rings. The molecule has 0 spiro atoms. The van der Waals surface area contributed by atoms with Crippen molar-refractivity contribution in [1.29, 1.82) is 0 Å². The van der Waals surface area contributed by atoms with Crippen LogP contribution in [0.1, 0.15) is 51.4 Å². The molecule has 0 heterocycles. The van der Waals surface area contributed by atoms with Gasteiger partial charge in [0, 0.05) is 18.0 Å². The number of hydrogen-bond donors (Lipinski definition) is 2. The monoisotopic (exact) mass is 278 g/mol. The Hall–Kier alpha value is -0.780. The van der Waals surface area contributed by atoms with Crippen molar-refractivity contribution in [1.82, 2.24) is 5.32 Å². The van der Waals surface area contributed by atoms with Gasteiger partial charge < -0.3 is 11.1 Å². The minimum atomic E-state index is -4.23. The zero-order valence-corrected chi connectivity index (χ0v) is 10.9. The summed E-state index contributed by atoms with van der Waals surface area (Å²) < 4.78 is 38.6. The third-order valence-corrected chi connectivity index (χ3v) is 4.39. The molecule has 1 amide bonds. The molecule has 2 unspecified atom stereocenters. The molecule has 2 saturated carbocycles. The molecule has 0 aliphatic heterocycles. The largest absolute Gasteiger partial charge is 0.393 e. The standard InChI is InChI=1S/C13H21F3N2O/c14-13(15,16)9-4-1-2-5-10(9)18-11(19)8-12(17)6-3-7-12/h9-10H,1-8,17H2,(H,18,19). The second-order valence-electron chi connectivity index (χ2n) is 6.00. The van der Waals surface area contributed by atoms with E-state index in [1.54, 1.807) is 0 Å². The number of carbonyl (C=O) groups is 1. The van der Waals surface area contributed by atoms with Gasteiger partial charge in [0.1, 0.15) is 0 Å². The van der Waals surface area contributed by atoms with Gasteiger partial charge in [0.15, 0.2) is 0 Å². The normalized spacial score (nSPS) is 30.5. The fourth-order valence-corrected chi connectivity index (χ4v) is 3.08. The van der Waals surface area contributed by atoms with Crippen LogP contribution in [0.5, 0.6) is 0 Å². The van der Waals surface area contributed by atoms with Gasteiger partial charge in [-0.2, -0.15) is 13.2 Å². The summed E-state index contributed by atoms with van der Waals surface area (Å²) in [4.78, 5) is 11.8. The molecule has 110 valence electrons. The van der Waals surface area contributed by atoms with Crippen molar-refractivity contribution in [3.8, 4) is 0 Å². The van der Waals surface area contributed by atoms with E-state index in [4.69, 9.17) is 5.73 Å². The second kappa shape index (κ2) is 5.31. The lowest BCUT2D eigenvalue weighted by atomic mass is 9.75. The van der Waals surface area contributed by atoms with E-state index in [1.807, 2.05) is 0 Å². The van der Waals surface area contributed by atoms with Crippen LogP contribution in [0.25, 0.3) is 0 Å². The van der Waals surface area contributed by atoms with Gasteiger partial charge in [-0.1, -0.05) is 12.8 Å². The SMILES string of the molecule is NC1(CC(=O)NC2CCCCC2C(F)(F)F)CCC1. The minimum absolute atomic E-state index is 0.113. The second-order valence-corrected chi connectivity index (χ2v) is 6.00. The van der Waals surface area contributed by atoms with Gasteiger partial charge >= 0.3 is 6.18 Å². The Labute approximate surface area is 111 Å². The molecule has 2 rings (SSSR count). The van der Waals surface area contributed by atoms with Crippen molar-refractivity contribution in [3.63, 3.8) is 0 Å². The van der Waals surface area contributed by atoms with Crippen molar-refractivity contribution in [3.05, 3.63) is 0 Å². The Balaban J connectivity index is 1.90. The van der Waals surface area contributed by atoms with E-state index in [1.165, 1.54) is 0 Å². The van der Waals surface area contributed by atoms with Crippen molar-refractivity contribution in [2.45, 2.75) is 69.1 Å². The van der Waals surface area contributed by atoms with E-state index in [0.29, 0.717) is 12.8 Å². The molecule has 2 aliphatic rings. The highest BCUT2D eigenvalue weighted by Gasteiger charge is 2.46. The highest BCUT2D eigenvalue weighted by atomic mass is 19.4. The van der Waals surface area contributed by atoms with Crippen LogP contribution in [-0.2, 0) is 4.79 Å². The molecule has 0 saturated heterocycles. The van der Waals surface area contributed by atoms with Crippen molar-refractivity contribution in [2.75, 3.05) is 0 Å². The fraction of sp³-hybridized carbons (Fsp3) is 0.923. The predicted molar refractivity (Wildman–Crippen MR) is 65.3 cm³/mol. The minimum Gasteiger partial charge on any atom is -0.353 e. The van der Waals surface area contributed by atoms with E-state index < -0.39 is 23.7 Å². The Kier molecular flexibility index (Phi) is 4.08. The van der Waals surface area contributed by atoms with Gasteiger partial charge in [0.25, 0.3) is 0 Å². The Bertz CT molecular complexity index is 339. The van der Waals surface area contributed by atoms with E-state index in [9.17, 15) is 18.0 Å². The molecule has 6 heteroatoms. The summed E-state index contributed by atoms with van der Waals surface area (Å²) in [6, 6.07) is -0.773. The molecule has 2 atom stereocenters. The van der Waals surface area contributed by atoms with Crippen LogP contribution in [0.3, 0.4) is 0 Å². The molecule has 0 bridgehead atoms. The zero-order chi connectivity index (χ0) is 14.1. The maximum atomic E-state index is 12.9. The topological polar surface area (TPSA) is 55.1 Å². The van der Waals surface area contributed by atoms with Gasteiger partial charge in [-0.15, -0.1) is 0 Å². The third-order valence-electron chi connectivity index (χ3n) is 4.39. The van der Waals surface area contributed by atoms with E-state index in [-0.39, 0.29) is 18.7 Å². The average molecular weight is 278 g/mol. The molecular formula is C13H21F3N2O. The van der Waals surface area contributed by atoms with Crippen LogP contribution in [0.4, 0.5) is 13.2 Å². The van der Waals surface area contributed by atoms with Crippen LogP contribution in [-0.4, -0.2) is 23.7 Å². The maximum Gasteiger partial charge on any atom is 0.393 e. The quantitative estimate of drug-likeness (QED) is 0.833. The number of alkyl halides is 3. The van der Waals surface area contributed by atoms with Crippen LogP contribution in [0, 0.1) is 5.92 Å². The molecule has 2 aliphatic carbocycles. The number of carbonyl (C=O) groups excluding carboxylic acids is 1. The van der Waals surface area contributed by atoms with Crippen molar-refractivity contribution < 1.29 is 18.0 Å². The summed E-state index contributed by atoms with van der Waals surface area (Å²) in [5, 5.41) is 2.56. The van der Waals surface area contributed by atoms with Crippen LogP contribution in [0.2, 0.25) is 0 Å². The molecule has 0 radical (unpaired) electrons. The molecule has 19 heavy (non-hydrogen) atoms. The number of nitrogens with two attached hydrogens (primary N) is 1. The van der Waals surface area contributed by atoms with Gasteiger partial charge in [-0.3, -0.25) is 4.79 Å². The van der Waals surface area contributed by atoms with Gasteiger partial charge in [-0.05, 0) is 32.1 Å². The predicted octanol–water partition coefficient (Wildman–Crippen LogP) is 2.50. The van der Waals surface area contributed by atoms with E-state index >= 15 is 0 Å². The maximum absolute atomic E-state index is 12.9. The lowest BCUT2D eigenvalue weighted by Crippen LogP contribution is -2.53. The number of halogens is 3. The van der Waals surface area contributed by atoms with Gasteiger partial charge in [0.2, 0.25) is 5.91 Å². The summed E-state index contributed by atoms with van der Waals surface area (Å²) in [6.07, 6.45) is 0.335. The van der Waals surface area contributed by atoms with E-state index in [2.05, 4.69) is 5.32 Å². The van der Waals surface area contributed by atoms with Crippen LogP contribution >= 0.6 is 0 Å². The van der Waals surface area contributed by atoms with E-state index in [0.717, 1.165) is 25.7 Å². The fourth-order valence-electron chi connectivity index (χ4n) is 3.08. The summed E-state index contributed by atoms with van der Waals surface area (Å²) in [7, 11) is 0. The first-order valence-corrected chi connectivity index (χ1v) is 6.95. The summed E-state index contributed by atoms with van der Waals surface area (Å²) in [5.41, 5.74) is 5.47. The Morgan fingerprint density at radius 1 is 1.21 bits per heavy atom. The molecule has 0 aromatic rings. The highest BCUT2D eigenvalue weighted by Crippen LogP contribution is 2.38. The number of amides is 1. The van der Waals surface area contributed by atoms with Crippen LogP contribution in [0.15, 0.2) is 0 Å². The first-order valence-electron chi connectivity index (χ1n) is 6.95. The number of hydrogen-bond acceptors (Lipinski definition) is 2. The number of nitrogens with one attached hydrogen (secondary N) is 1. The first-order chi connectivity index (χ1) is 8.80. The molecule has 3 nitrogen and oxygen atoms in total. The molecule has 0 aromatic heterocycles. The molecular weight excluding hydrogens is 257 g/mol. The smallest absolute Gasteiger partial charge is 0.353 e. The molecule has 0 aromatic carbocycles. The Morgan fingerprint density at radius 3 is 2.37 bits per heavy atom. The number of rotatable bonds is 3. The molecule has 3 N–H and O–H groups in total. The average Bonchev–Trinajstić information content (AvgIpc) is 2.26. The van der Waals surface area contributed by atoms with Gasteiger partial charge in [0.05, 0.1) is 5.92 Å². The van der Waals surface area contributed by atoms with Crippen molar-refractivity contribution in [2.24, 2.45) is 11.7 Å². The van der Waals surface area contributed by atoms with Crippen molar-refractivity contribution >= 4 is 5.91 Å². The third kappa shape index (κ3) is 3.61. The summed E-state index contributed by atoms with van der Waals surface area (Å²) in [5.74, 6) is -1.73. The van der Waals surface area contributed by atoms with Gasteiger partial charge in [-0.25, -0.2) is 0 Å². The summed E-state index contributed by atoms with van der Waals surface area (Å²) >= 11 is 0. The lowest BCUT2D eigenvalue weighted by molar-refractivity contribution is -0.189. The zero-order valence-electron chi connectivity index (χ0n) is 10.9.